The molecule has 1 amide bonds. The predicted molar refractivity (Wildman–Crippen MR) is 139 cm³/mol. The summed E-state index contributed by atoms with van der Waals surface area (Å²) in [5, 5.41) is 4.20. The Morgan fingerprint density at radius 3 is 2.50 bits per heavy atom. The first kappa shape index (κ1) is 22.1. The standard InChI is InChI=1S/C28H25N7O/c1-18-3-2-4-24(32-18)27-33-25(23-9-10-31-26(23)34-27)22-15-21(16-30-17-22)19-5-7-20(8-6-19)28(36)35-13-11-29-12-14-35/h2-10,15-17,29H,11-14H2,1H3,(H,31,33,34). The molecule has 0 bridgehead atoms. The van der Waals surface area contributed by atoms with Gasteiger partial charge >= 0.3 is 0 Å². The Balaban J connectivity index is 1.35. The number of fused-ring (bicyclic) bond motifs is 1. The molecule has 4 aromatic heterocycles. The number of carbonyl (C=O) groups excluding carboxylic acids is 1. The summed E-state index contributed by atoms with van der Waals surface area (Å²) in [5.41, 5.74) is 6.69. The molecular formula is C28H25N7O. The number of carbonyl (C=O) groups is 1. The topological polar surface area (TPSA) is 99.7 Å². The lowest BCUT2D eigenvalue weighted by atomic mass is 10.0. The van der Waals surface area contributed by atoms with E-state index in [2.05, 4.69) is 31.3 Å². The van der Waals surface area contributed by atoms with Crippen molar-refractivity contribution in [3.63, 3.8) is 0 Å². The van der Waals surface area contributed by atoms with Crippen LogP contribution in [0.2, 0.25) is 0 Å². The van der Waals surface area contributed by atoms with Crippen molar-refractivity contribution >= 4 is 16.9 Å². The maximum absolute atomic E-state index is 12.8. The number of amides is 1. The Kier molecular flexibility index (Phi) is 5.71. The van der Waals surface area contributed by atoms with E-state index in [1.807, 2.05) is 78.9 Å². The summed E-state index contributed by atoms with van der Waals surface area (Å²) in [6.45, 7) is 5.09. The second kappa shape index (κ2) is 9.31. The molecule has 0 atom stereocenters. The highest BCUT2D eigenvalue weighted by Gasteiger charge is 2.18. The first-order valence-corrected chi connectivity index (χ1v) is 12.0. The smallest absolute Gasteiger partial charge is 0.253 e. The van der Waals surface area contributed by atoms with Gasteiger partial charge in [0.1, 0.15) is 11.3 Å². The molecule has 5 heterocycles. The SMILES string of the molecule is Cc1cccc(-c2nc(-c3cncc(-c4ccc(C(=O)N5CCNCC5)cc4)c3)c3cc[nH]c3n2)n1. The highest BCUT2D eigenvalue weighted by Crippen LogP contribution is 2.30. The molecule has 36 heavy (non-hydrogen) atoms. The number of piperazine rings is 1. The third-order valence-electron chi connectivity index (χ3n) is 6.41. The normalized spacial score (nSPS) is 13.8. The molecule has 1 aliphatic rings. The molecular weight excluding hydrogens is 450 g/mol. The minimum Gasteiger partial charge on any atom is -0.346 e. The van der Waals surface area contributed by atoms with Crippen LogP contribution in [0.3, 0.4) is 0 Å². The number of aryl methyl sites for hydroxylation is 1. The largest absolute Gasteiger partial charge is 0.346 e. The fourth-order valence-corrected chi connectivity index (χ4v) is 4.53. The minimum atomic E-state index is 0.0723. The van der Waals surface area contributed by atoms with Gasteiger partial charge in [-0.1, -0.05) is 18.2 Å². The molecule has 0 unspecified atom stereocenters. The lowest BCUT2D eigenvalue weighted by molar-refractivity contribution is 0.0736. The molecule has 2 N–H and O–H groups in total. The van der Waals surface area contributed by atoms with Gasteiger partial charge in [0, 0.05) is 72.5 Å². The summed E-state index contributed by atoms with van der Waals surface area (Å²) < 4.78 is 0. The predicted octanol–water partition coefficient (Wildman–Crippen LogP) is 4.10. The zero-order valence-corrected chi connectivity index (χ0v) is 19.9. The molecule has 6 rings (SSSR count). The van der Waals surface area contributed by atoms with Crippen molar-refractivity contribution in [3.05, 3.63) is 84.4 Å². The number of pyridine rings is 2. The van der Waals surface area contributed by atoms with Crippen molar-refractivity contribution in [2.75, 3.05) is 26.2 Å². The average molecular weight is 476 g/mol. The molecule has 1 aliphatic heterocycles. The maximum atomic E-state index is 12.8. The Labute approximate surface area is 208 Å². The number of nitrogens with zero attached hydrogens (tertiary/aromatic N) is 5. The van der Waals surface area contributed by atoms with E-state index in [0.29, 0.717) is 11.4 Å². The molecule has 0 aliphatic carbocycles. The van der Waals surface area contributed by atoms with Gasteiger partial charge in [-0.15, -0.1) is 0 Å². The fraction of sp³-hybridized carbons (Fsp3) is 0.179. The lowest BCUT2D eigenvalue weighted by Gasteiger charge is -2.27. The van der Waals surface area contributed by atoms with Gasteiger partial charge in [0.05, 0.1) is 5.69 Å². The summed E-state index contributed by atoms with van der Waals surface area (Å²) in [6.07, 6.45) is 5.50. The summed E-state index contributed by atoms with van der Waals surface area (Å²) in [7, 11) is 0. The molecule has 5 aromatic rings. The second-order valence-electron chi connectivity index (χ2n) is 8.88. The van der Waals surface area contributed by atoms with Crippen molar-refractivity contribution in [1.29, 1.82) is 0 Å². The Morgan fingerprint density at radius 1 is 0.889 bits per heavy atom. The van der Waals surface area contributed by atoms with Crippen LogP contribution in [-0.2, 0) is 0 Å². The monoisotopic (exact) mass is 475 g/mol. The third-order valence-corrected chi connectivity index (χ3v) is 6.41. The van der Waals surface area contributed by atoms with E-state index in [1.165, 1.54) is 0 Å². The number of nitrogens with one attached hydrogen (secondary N) is 2. The number of hydrogen-bond acceptors (Lipinski definition) is 6. The van der Waals surface area contributed by atoms with Gasteiger partial charge in [0.25, 0.3) is 5.91 Å². The zero-order chi connectivity index (χ0) is 24.5. The van der Waals surface area contributed by atoms with Gasteiger partial charge in [0.15, 0.2) is 5.82 Å². The molecule has 1 fully saturated rings. The summed E-state index contributed by atoms with van der Waals surface area (Å²) in [5.74, 6) is 0.632. The van der Waals surface area contributed by atoms with E-state index >= 15 is 0 Å². The van der Waals surface area contributed by atoms with Crippen LogP contribution in [0.25, 0.3) is 44.9 Å². The molecule has 8 nitrogen and oxygen atoms in total. The molecule has 0 saturated carbocycles. The van der Waals surface area contributed by atoms with Gasteiger partial charge < -0.3 is 15.2 Å². The first-order chi connectivity index (χ1) is 17.7. The van der Waals surface area contributed by atoms with E-state index in [4.69, 9.17) is 4.98 Å². The van der Waals surface area contributed by atoms with Crippen LogP contribution >= 0.6 is 0 Å². The van der Waals surface area contributed by atoms with Crippen molar-refractivity contribution in [3.8, 4) is 33.9 Å². The number of H-pyrrole nitrogens is 1. The summed E-state index contributed by atoms with van der Waals surface area (Å²) in [4.78, 5) is 36.6. The van der Waals surface area contributed by atoms with E-state index in [-0.39, 0.29) is 5.91 Å². The maximum Gasteiger partial charge on any atom is 0.253 e. The van der Waals surface area contributed by atoms with Crippen LogP contribution in [0.5, 0.6) is 0 Å². The highest BCUT2D eigenvalue weighted by atomic mass is 16.2. The van der Waals surface area contributed by atoms with Crippen molar-refractivity contribution in [2.24, 2.45) is 0 Å². The molecule has 1 saturated heterocycles. The van der Waals surface area contributed by atoms with Gasteiger partial charge in [-0.05, 0) is 48.9 Å². The Morgan fingerprint density at radius 2 is 1.69 bits per heavy atom. The van der Waals surface area contributed by atoms with Gasteiger partial charge in [0.2, 0.25) is 0 Å². The Hall–Kier alpha value is -4.43. The number of aromatic amines is 1. The molecule has 8 heteroatoms. The van der Waals surface area contributed by atoms with Crippen LogP contribution in [0, 0.1) is 6.92 Å². The number of aromatic nitrogens is 5. The quantitative estimate of drug-likeness (QED) is 0.406. The molecule has 178 valence electrons. The van der Waals surface area contributed by atoms with Crippen LogP contribution in [0.15, 0.2) is 73.2 Å². The van der Waals surface area contributed by atoms with E-state index in [0.717, 1.165) is 71.0 Å². The minimum absolute atomic E-state index is 0.0723. The van der Waals surface area contributed by atoms with Crippen LogP contribution in [0.1, 0.15) is 16.1 Å². The van der Waals surface area contributed by atoms with E-state index < -0.39 is 0 Å². The third kappa shape index (κ3) is 4.23. The summed E-state index contributed by atoms with van der Waals surface area (Å²) >= 11 is 0. The van der Waals surface area contributed by atoms with Crippen molar-refractivity contribution < 1.29 is 4.79 Å². The number of hydrogen-bond donors (Lipinski definition) is 2. The van der Waals surface area contributed by atoms with Gasteiger partial charge in [-0.2, -0.15) is 0 Å². The second-order valence-corrected chi connectivity index (χ2v) is 8.88. The molecule has 1 aromatic carbocycles. The summed E-state index contributed by atoms with van der Waals surface area (Å²) in [6, 6.07) is 17.6. The zero-order valence-electron chi connectivity index (χ0n) is 19.9. The van der Waals surface area contributed by atoms with E-state index in [9.17, 15) is 4.79 Å². The van der Waals surface area contributed by atoms with E-state index in [1.54, 1.807) is 0 Å². The number of benzene rings is 1. The van der Waals surface area contributed by atoms with Gasteiger partial charge in [-0.3, -0.25) is 9.78 Å². The van der Waals surface area contributed by atoms with Crippen molar-refractivity contribution in [2.45, 2.75) is 6.92 Å². The Bertz CT molecular complexity index is 1550. The van der Waals surface area contributed by atoms with Crippen LogP contribution in [-0.4, -0.2) is 61.9 Å². The van der Waals surface area contributed by atoms with Crippen molar-refractivity contribution in [1.82, 2.24) is 35.1 Å². The fourth-order valence-electron chi connectivity index (χ4n) is 4.53. The molecule has 0 spiro atoms. The van der Waals surface area contributed by atoms with Gasteiger partial charge in [-0.25, -0.2) is 15.0 Å². The first-order valence-electron chi connectivity index (χ1n) is 12.0. The lowest BCUT2D eigenvalue weighted by Crippen LogP contribution is -2.46. The van der Waals surface area contributed by atoms with Crippen LogP contribution < -0.4 is 5.32 Å². The average Bonchev–Trinajstić information content (AvgIpc) is 3.42. The molecule has 0 radical (unpaired) electrons. The highest BCUT2D eigenvalue weighted by molar-refractivity contribution is 5.95. The number of rotatable bonds is 4. The van der Waals surface area contributed by atoms with Crippen LogP contribution in [0.4, 0.5) is 0 Å².